The Kier molecular flexibility index (Phi) is 4.55. The van der Waals surface area contributed by atoms with Crippen molar-refractivity contribution < 1.29 is 13.9 Å². The predicted molar refractivity (Wildman–Crippen MR) is 67.9 cm³/mol. The Hall–Kier alpha value is -1.13. The van der Waals surface area contributed by atoms with Gasteiger partial charge in [-0.2, -0.15) is 0 Å². The number of halogens is 1. The Bertz CT molecular complexity index is 391. The van der Waals surface area contributed by atoms with Crippen molar-refractivity contribution in [3.63, 3.8) is 0 Å². The third-order valence-corrected chi connectivity index (χ3v) is 2.90. The van der Waals surface area contributed by atoms with Crippen LogP contribution in [-0.4, -0.2) is 19.4 Å². The van der Waals surface area contributed by atoms with Crippen molar-refractivity contribution in [1.82, 2.24) is 0 Å². The SMILES string of the molecule is CC(N)Cc1ccc(OCOCC2CC2)c(F)c1. The molecule has 1 unspecified atom stereocenters. The lowest BCUT2D eigenvalue weighted by Crippen LogP contribution is -2.17. The van der Waals surface area contributed by atoms with Gasteiger partial charge in [0.1, 0.15) is 0 Å². The summed E-state index contributed by atoms with van der Waals surface area (Å²) in [5.41, 5.74) is 6.55. The van der Waals surface area contributed by atoms with Crippen molar-refractivity contribution >= 4 is 0 Å². The zero-order chi connectivity index (χ0) is 13.0. The van der Waals surface area contributed by atoms with Gasteiger partial charge in [-0.1, -0.05) is 6.07 Å². The number of ether oxygens (including phenoxy) is 2. The van der Waals surface area contributed by atoms with Crippen LogP contribution in [0.15, 0.2) is 18.2 Å². The molecule has 100 valence electrons. The van der Waals surface area contributed by atoms with Gasteiger partial charge in [-0.3, -0.25) is 0 Å². The first kappa shape index (κ1) is 13.3. The summed E-state index contributed by atoms with van der Waals surface area (Å²) < 4.78 is 24.2. The van der Waals surface area contributed by atoms with Crippen molar-refractivity contribution in [2.75, 3.05) is 13.4 Å². The first-order valence-electron chi connectivity index (χ1n) is 6.39. The van der Waals surface area contributed by atoms with Gasteiger partial charge in [0.25, 0.3) is 0 Å². The van der Waals surface area contributed by atoms with Gasteiger partial charge >= 0.3 is 0 Å². The highest BCUT2D eigenvalue weighted by Crippen LogP contribution is 2.28. The lowest BCUT2D eigenvalue weighted by molar-refractivity contribution is 0.00791. The second kappa shape index (κ2) is 6.16. The van der Waals surface area contributed by atoms with E-state index in [1.165, 1.54) is 18.9 Å². The summed E-state index contributed by atoms with van der Waals surface area (Å²) in [5, 5.41) is 0. The second-order valence-electron chi connectivity index (χ2n) is 5.02. The molecule has 0 heterocycles. The summed E-state index contributed by atoms with van der Waals surface area (Å²) in [6, 6.07) is 4.97. The van der Waals surface area contributed by atoms with Crippen LogP contribution < -0.4 is 10.5 Å². The number of hydrogen-bond acceptors (Lipinski definition) is 3. The average Bonchev–Trinajstić information content (AvgIpc) is 3.10. The molecule has 1 aliphatic carbocycles. The first-order valence-corrected chi connectivity index (χ1v) is 6.39. The van der Waals surface area contributed by atoms with Gasteiger partial charge in [-0.05, 0) is 49.8 Å². The molecular weight excluding hydrogens is 233 g/mol. The van der Waals surface area contributed by atoms with Crippen LogP contribution in [0.4, 0.5) is 4.39 Å². The highest BCUT2D eigenvalue weighted by atomic mass is 19.1. The van der Waals surface area contributed by atoms with Gasteiger partial charge in [0.2, 0.25) is 0 Å². The molecule has 1 fully saturated rings. The highest BCUT2D eigenvalue weighted by Gasteiger charge is 2.21. The summed E-state index contributed by atoms with van der Waals surface area (Å²) in [6.07, 6.45) is 3.13. The highest BCUT2D eigenvalue weighted by molar-refractivity contribution is 5.29. The molecular formula is C14H20FNO2. The Balaban J connectivity index is 1.80. The van der Waals surface area contributed by atoms with Crippen LogP contribution in [-0.2, 0) is 11.2 Å². The molecule has 0 radical (unpaired) electrons. The molecule has 0 spiro atoms. The lowest BCUT2D eigenvalue weighted by atomic mass is 10.1. The van der Waals surface area contributed by atoms with E-state index in [2.05, 4.69) is 0 Å². The molecule has 0 amide bonds. The van der Waals surface area contributed by atoms with Gasteiger partial charge < -0.3 is 15.2 Å². The zero-order valence-corrected chi connectivity index (χ0v) is 10.7. The molecule has 1 saturated carbocycles. The largest absolute Gasteiger partial charge is 0.464 e. The van der Waals surface area contributed by atoms with Crippen LogP contribution in [0.1, 0.15) is 25.3 Å². The van der Waals surface area contributed by atoms with Crippen molar-refractivity contribution in [2.45, 2.75) is 32.2 Å². The standard InChI is InChI=1S/C14H20FNO2/c1-10(16)6-12-4-5-14(13(15)7-12)18-9-17-8-11-2-3-11/h4-5,7,10-11H,2-3,6,8-9,16H2,1H3. The Morgan fingerprint density at radius 3 is 2.83 bits per heavy atom. The Morgan fingerprint density at radius 2 is 2.22 bits per heavy atom. The zero-order valence-electron chi connectivity index (χ0n) is 10.7. The topological polar surface area (TPSA) is 44.5 Å². The summed E-state index contributed by atoms with van der Waals surface area (Å²) >= 11 is 0. The Labute approximate surface area is 107 Å². The molecule has 0 aromatic heterocycles. The third-order valence-electron chi connectivity index (χ3n) is 2.90. The first-order chi connectivity index (χ1) is 8.65. The molecule has 4 heteroatoms. The summed E-state index contributed by atoms with van der Waals surface area (Å²) in [4.78, 5) is 0. The smallest absolute Gasteiger partial charge is 0.189 e. The van der Waals surface area contributed by atoms with Crippen molar-refractivity contribution in [1.29, 1.82) is 0 Å². The van der Waals surface area contributed by atoms with Gasteiger partial charge in [-0.25, -0.2) is 4.39 Å². The maximum atomic E-state index is 13.7. The van der Waals surface area contributed by atoms with Gasteiger partial charge in [0.05, 0.1) is 6.61 Å². The van der Waals surface area contributed by atoms with E-state index < -0.39 is 0 Å². The molecule has 1 atom stereocenters. The van der Waals surface area contributed by atoms with Crippen LogP contribution in [0.2, 0.25) is 0 Å². The molecule has 18 heavy (non-hydrogen) atoms. The normalized spacial score (nSPS) is 16.6. The molecule has 0 bridgehead atoms. The molecule has 2 rings (SSSR count). The average molecular weight is 253 g/mol. The van der Waals surface area contributed by atoms with E-state index >= 15 is 0 Å². The molecule has 0 saturated heterocycles. The monoisotopic (exact) mass is 253 g/mol. The fourth-order valence-corrected chi connectivity index (χ4v) is 1.76. The van der Waals surface area contributed by atoms with E-state index in [-0.39, 0.29) is 24.4 Å². The molecule has 1 aromatic rings. The van der Waals surface area contributed by atoms with E-state index in [4.69, 9.17) is 15.2 Å². The fourth-order valence-electron chi connectivity index (χ4n) is 1.76. The molecule has 0 aliphatic heterocycles. The van der Waals surface area contributed by atoms with Crippen molar-refractivity contribution in [3.05, 3.63) is 29.6 Å². The summed E-state index contributed by atoms with van der Waals surface area (Å²) in [5.74, 6) is 0.564. The number of nitrogens with two attached hydrogens (primary N) is 1. The van der Waals surface area contributed by atoms with E-state index in [1.807, 2.05) is 13.0 Å². The summed E-state index contributed by atoms with van der Waals surface area (Å²) in [6.45, 7) is 2.72. The number of rotatable bonds is 7. The number of hydrogen-bond donors (Lipinski definition) is 1. The quantitative estimate of drug-likeness (QED) is 0.599. The minimum atomic E-state index is -0.358. The maximum absolute atomic E-state index is 13.7. The maximum Gasteiger partial charge on any atom is 0.189 e. The third kappa shape index (κ3) is 4.27. The van der Waals surface area contributed by atoms with E-state index in [9.17, 15) is 4.39 Å². The van der Waals surface area contributed by atoms with Crippen LogP contribution in [0, 0.1) is 11.7 Å². The van der Waals surface area contributed by atoms with Crippen LogP contribution in [0.25, 0.3) is 0 Å². The number of benzene rings is 1. The van der Waals surface area contributed by atoms with E-state index in [1.54, 1.807) is 6.07 Å². The van der Waals surface area contributed by atoms with Gasteiger partial charge in [-0.15, -0.1) is 0 Å². The Morgan fingerprint density at radius 1 is 1.44 bits per heavy atom. The predicted octanol–water partition coefficient (Wildman–Crippen LogP) is 2.48. The fraction of sp³-hybridized carbons (Fsp3) is 0.571. The van der Waals surface area contributed by atoms with Crippen molar-refractivity contribution in [2.24, 2.45) is 11.7 Å². The minimum absolute atomic E-state index is 0.0260. The second-order valence-corrected chi connectivity index (χ2v) is 5.02. The molecule has 2 N–H and O–H groups in total. The lowest BCUT2D eigenvalue weighted by Gasteiger charge is -2.10. The molecule has 3 nitrogen and oxygen atoms in total. The minimum Gasteiger partial charge on any atom is -0.464 e. The van der Waals surface area contributed by atoms with E-state index in [0.717, 1.165) is 5.56 Å². The van der Waals surface area contributed by atoms with Gasteiger partial charge in [0.15, 0.2) is 18.4 Å². The van der Waals surface area contributed by atoms with Crippen LogP contribution >= 0.6 is 0 Å². The van der Waals surface area contributed by atoms with E-state index in [0.29, 0.717) is 18.9 Å². The summed E-state index contributed by atoms with van der Waals surface area (Å²) in [7, 11) is 0. The molecule has 1 aliphatic rings. The van der Waals surface area contributed by atoms with Gasteiger partial charge in [0, 0.05) is 6.04 Å². The molecule has 1 aromatic carbocycles. The van der Waals surface area contributed by atoms with Crippen LogP contribution in [0.3, 0.4) is 0 Å². The van der Waals surface area contributed by atoms with Crippen molar-refractivity contribution in [3.8, 4) is 5.75 Å². The van der Waals surface area contributed by atoms with Crippen LogP contribution in [0.5, 0.6) is 5.75 Å².